The van der Waals surface area contributed by atoms with Gasteiger partial charge in [0.2, 0.25) is 0 Å². The van der Waals surface area contributed by atoms with Gasteiger partial charge >= 0.3 is 0 Å². The Balaban J connectivity index is 3.18. The molecule has 0 spiro atoms. The third kappa shape index (κ3) is 3.16. The maximum Gasteiger partial charge on any atom is 0.258 e. The molecule has 84 valence electrons. The van der Waals surface area contributed by atoms with Crippen molar-refractivity contribution in [2.24, 2.45) is 5.73 Å². The van der Waals surface area contributed by atoms with Crippen molar-refractivity contribution in [1.82, 2.24) is 0 Å². The van der Waals surface area contributed by atoms with Gasteiger partial charge in [-0.2, -0.15) is 0 Å². The van der Waals surface area contributed by atoms with Crippen molar-refractivity contribution in [2.45, 2.75) is 26.1 Å². The fraction of sp³-hybridized carbons (Fsp3) is 0.500. The Morgan fingerprint density at radius 1 is 1.53 bits per heavy atom. The van der Waals surface area contributed by atoms with Gasteiger partial charge in [0.15, 0.2) is 0 Å². The highest BCUT2D eigenvalue weighted by molar-refractivity contribution is 9.09. The first kappa shape index (κ1) is 12.9. The molecule has 0 aromatic carbocycles. The number of aryl methyl sites for hydroxylation is 1. The number of carbonyl (C=O) groups is 1. The minimum absolute atomic E-state index is 0.279. The molecule has 1 rings (SSSR count). The van der Waals surface area contributed by atoms with Gasteiger partial charge in [0.1, 0.15) is 0 Å². The van der Waals surface area contributed by atoms with E-state index in [1.807, 2.05) is 0 Å². The quantitative estimate of drug-likeness (QED) is 0.673. The first-order valence-electron chi connectivity index (χ1n) is 4.85. The Hall–Kier alpha value is -0.133. The largest absolute Gasteiger partial charge is 0.365 e. The molecule has 15 heavy (non-hydrogen) atoms. The van der Waals surface area contributed by atoms with Gasteiger partial charge in [-0.3, -0.25) is 4.79 Å². The molecule has 0 aliphatic carbocycles. The van der Waals surface area contributed by atoms with Gasteiger partial charge in [-0.15, -0.1) is 11.3 Å². The average molecular weight is 306 g/mol. The number of rotatable bonds is 4. The summed E-state index contributed by atoms with van der Waals surface area (Å²) in [6.45, 7) is 6.71. The summed E-state index contributed by atoms with van der Waals surface area (Å²) in [6.07, 6.45) is 0.968. The lowest BCUT2D eigenvalue weighted by atomic mass is 10.3. The second-order valence-electron chi connectivity index (χ2n) is 4.51. The van der Waals surface area contributed by atoms with E-state index in [1.165, 1.54) is 10.1 Å². The number of hydrogen-bond donors (Lipinski definition) is 1. The van der Waals surface area contributed by atoms with Crippen LogP contribution in [0.5, 0.6) is 0 Å². The van der Waals surface area contributed by atoms with Crippen molar-refractivity contribution in [3.63, 3.8) is 0 Å². The summed E-state index contributed by atoms with van der Waals surface area (Å²) in [4.78, 5) is 13.3. The van der Waals surface area contributed by atoms with Crippen molar-refractivity contribution in [1.29, 1.82) is 0 Å². The van der Waals surface area contributed by atoms with E-state index in [2.05, 4.69) is 41.6 Å². The second-order valence-corrected chi connectivity index (χ2v) is 11.5. The first-order chi connectivity index (χ1) is 6.86. The van der Waals surface area contributed by atoms with Crippen LogP contribution in [0.4, 0.5) is 0 Å². The normalized spacial score (nSPS) is 11.7. The molecular formula is C10H16BrNOSSi. The summed E-state index contributed by atoms with van der Waals surface area (Å²) in [5, 5.41) is 2.13. The predicted molar refractivity (Wildman–Crippen MR) is 73.3 cm³/mol. The molecule has 0 bridgehead atoms. The number of primary amides is 1. The highest BCUT2D eigenvalue weighted by Gasteiger charge is 2.25. The van der Waals surface area contributed by atoms with Crippen LogP contribution in [-0.2, 0) is 6.42 Å². The molecule has 1 aromatic rings. The summed E-state index contributed by atoms with van der Waals surface area (Å²) in [7, 11) is -1.45. The van der Waals surface area contributed by atoms with E-state index in [9.17, 15) is 4.79 Å². The molecule has 5 heteroatoms. The molecule has 2 N–H and O–H groups in total. The zero-order chi connectivity index (χ0) is 11.6. The zero-order valence-electron chi connectivity index (χ0n) is 9.26. The molecule has 2 nitrogen and oxygen atoms in total. The Labute approximate surface area is 104 Å². The van der Waals surface area contributed by atoms with Gasteiger partial charge < -0.3 is 5.73 Å². The minimum Gasteiger partial charge on any atom is -0.365 e. The number of alkyl halides is 1. The minimum atomic E-state index is -1.45. The summed E-state index contributed by atoms with van der Waals surface area (Å²) < 4.78 is 0. The highest BCUT2D eigenvalue weighted by Crippen LogP contribution is 2.19. The average Bonchev–Trinajstić information content (AvgIpc) is 2.48. The summed E-state index contributed by atoms with van der Waals surface area (Å²) in [5.41, 5.74) is 5.40. The van der Waals surface area contributed by atoms with Crippen LogP contribution in [0.1, 0.15) is 14.5 Å². The third-order valence-corrected chi connectivity index (χ3v) is 5.95. The number of carbonyl (C=O) groups excluding carboxylic acids is 1. The van der Waals surface area contributed by atoms with E-state index >= 15 is 0 Å². The molecule has 0 radical (unpaired) electrons. The van der Waals surface area contributed by atoms with Gasteiger partial charge in [-0.25, -0.2) is 0 Å². The van der Waals surface area contributed by atoms with Crippen LogP contribution in [0.25, 0.3) is 0 Å². The van der Waals surface area contributed by atoms with Crippen LogP contribution in [-0.4, -0.2) is 19.3 Å². The number of halogens is 1. The van der Waals surface area contributed by atoms with Crippen LogP contribution in [0.2, 0.25) is 19.6 Å². The molecule has 0 saturated carbocycles. The molecule has 1 heterocycles. The Bertz CT molecular complexity index is 370. The van der Waals surface area contributed by atoms with Crippen molar-refractivity contribution in [3.05, 3.63) is 15.8 Å². The molecule has 0 aliphatic heterocycles. The van der Waals surface area contributed by atoms with Crippen LogP contribution in [0.15, 0.2) is 6.07 Å². The Morgan fingerprint density at radius 3 is 2.47 bits per heavy atom. The second kappa shape index (κ2) is 4.80. The molecular weight excluding hydrogens is 290 g/mol. The van der Waals surface area contributed by atoms with E-state index in [0.717, 1.165) is 16.6 Å². The van der Waals surface area contributed by atoms with Gasteiger partial charge in [0, 0.05) is 10.2 Å². The van der Waals surface area contributed by atoms with Gasteiger partial charge in [-0.05, 0) is 17.7 Å². The van der Waals surface area contributed by atoms with Crippen molar-refractivity contribution in [2.75, 3.05) is 5.33 Å². The number of thiophene rings is 1. The van der Waals surface area contributed by atoms with E-state index in [-0.39, 0.29) is 5.91 Å². The smallest absolute Gasteiger partial charge is 0.258 e. The third-order valence-electron chi connectivity index (χ3n) is 2.16. The van der Waals surface area contributed by atoms with Gasteiger partial charge in [0.25, 0.3) is 5.91 Å². The molecule has 0 aliphatic rings. The summed E-state index contributed by atoms with van der Waals surface area (Å²) >= 11 is 4.96. The maximum absolute atomic E-state index is 11.3. The highest BCUT2D eigenvalue weighted by atomic mass is 79.9. The fourth-order valence-corrected chi connectivity index (χ4v) is 5.59. The topological polar surface area (TPSA) is 43.1 Å². The van der Waals surface area contributed by atoms with Crippen LogP contribution >= 0.6 is 27.3 Å². The number of hydrogen-bond acceptors (Lipinski definition) is 2. The number of amides is 1. The zero-order valence-corrected chi connectivity index (χ0v) is 12.7. The SMILES string of the molecule is C[Si](C)(C)c1cc(CCBr)sc1C(N)=O. The maximum atomic E-state index is 11.3. The van der Waals surface area contributed by atoms with Crippen molar-refractivity contribution < 1.29 is 4.79 Å². The molecule has 0 atom stereocenters. The standard InChI is InChI=1S/C10H16BrNOSSi/c1-15(2,3)8-6-7(4-5-11)14-9(8)10(12)13/h6H,4-5H2,1-3H3,(H2,12,13). The van der Waals surface area contributed by atoms with Crippen LogP contribution in [0, 0.1) is 0 Å². The van der Waals surface area contributed by atoms with E-state index in [4.69, 9.17) is 5.73 Å². The Morgan fingerprint density at radius 2 is 2.13 bits per heavy atom. The molecule has 0 unspecified atom stereocenters. The monoisotopic (exact) mass is 305 g/mol. The van der Waals surface area contributed by atoms with Gasteiger partial charge in [-0.1, -0.05) is 35.6 Å². The fourth-order valence-electron chi connectivity index (χ4n) is 1.40. The lowest BCUT2D eigenvalue weighted by molar-refractivity contribution is 0.100. The van der Waals surface area contributed by atoms with Crippen LogP contribution in [0.3, 0.4) is 0 Å². The molecule has 0 saturated heterocycles. The van der Waals surface area contributed by atoms with Gasteiger partial charge in [0.05, 0.1) is 13.0 Å². The summed E-state index contributed by atoms with van der Waals surface area (Å²) in [6, 6.07) is 2.16. The molecule has 0 fully saturated rings. The lowest BCUT2D eigenvalue weighted by Crippen LogP contribution is -2.40. The molecule has 1 aromatic heterocycles. The van der Waals surface area contributed by atoms with Crippen molar-refractivity contribution >= 4 is 46.4 Å². The van der Waals surface area contributed by atoms with E-state index in [1.54, 1.807) is 11.3 Å². The summed E-state index contributed by atoms with van der Waals surface area (Å²) in [5.74, 6) is -0.279. The van der Waals surface area contributed by atoms with E-state index < -0.39 is 8.07 Å². The molecule has 1 amide bonds. The van der Waals surface area contributed by atoms with Crippen LogP contribution < -0.4 is 10.9 Å². The van der Waals surface area contributed by atoms with E-state index in [0.29, 0.717) is 0 Å². The predicted octanol–water partition coefficient (Wildman–Crippen LogP) is 2.33. The first-order valence-corrected chi connectivity index (χ1v) is 10.3. The van der Waals surface area contributed by atoms with Crippen molar-refractivity contribution in [3.8, 4) is 0 Å². The number of nitrogens with two attached hydrogens (primary N) is 1. The lowest BCUT2D eigenvalue weighted by Gasteiger charge is -2.15. The Kier molecular flexibility index (Phi) is 4.14.